The van der Waals surface area contributed by atoms with Gasteiger partial charge < -0.3 is 39.8 Å². The summed E-state index contributed by atoms with van der Waals surface area (Å²) in [5.74, 6) is 7.30. The number of carbonyl (C=O) groups excluding carboxylic acids is 3. The van der Waals surface area contributed by atoms with Crippen LogP contribution in [0.5, 0.6) is 0 Å². The van der Waals surface area contributed by atoms with Crippen molar-refractivity contribution in [3.05, 3.63) is 240 Å². The van der Waals surface area contributed by atoms with Gasteiger partial charge in [-0.1, -0.05) is 146 Å². The molecule has 0 bridgehead atoms. The first kappa shape index (κ1) is 87.1. The number of piperazine rings is 2. The first-order chi connectivity index (χ1) is 65.1. The van der Waals surface area contributed by atoms with Gasteiger partial charge in [0.25, 0.3) is 0 Å². The van der Waals surface area contributed by atoms with Crippen LogP contribution in [-0.2, 0) is 14.4 Å². The van der Waals surface area contributed by atoms with Gasteiger partial charge in [0.2, 0.25) is 17.7 Å². The van der Waals surface area contributed by atoms with Gasteiger partial charge >= 0.3 is 0 Å². The Bertz CT molecular complexity index is 6600. The van der Waals surface area contributed by atoms with Gasteiger partial charge in [0.15, 0.2) is 23.3 Å². The van der Waals surface area contributed by atoms with Crippen LogP contribution in [-0.4, -0.2) is 232 Å². The molecule has 7 fully saturated rings. The number of amides is 3. The van der Waals surface area contributed by atoms with Gasteiger partial charge in [-0.15, -0.1) is 45.3 Å². The maximum atomic E-state index is 13.1. The van der Waals surface area contributed by atoms with Crippen LogP contribution in [0.3, 0.4) is 0 Å². The highest BCUT2D eigenvalue weighted by Crippen LogP contribution is 2.46. The van der Waals surface area contributed by atoms with Crippen LogP contribution < -0.4 is 24.9 Å². The fraction of sp³-hybridized carbons (Fsp3) is 0.311. The van der Waals surface area contributed by atoms with E-state index < -0.39 is 0 Å². The summed E-state index contributed by atoms with van der Waals surface area (Å²) in [4.78, 5) is 117. The number of benzene rings is 4. The first-order valence-corrected chi connectivity index (χ1v) is 49.6. The number of thiophene rings is 4. The van der Waals surface area contributed by atoms with E-state index in [1.807, 2.05) is 102 Å². The van der Waals surface area contributed by atoms with Crippen molar-refractivity contribution in [1.82, 2.24) is 84.7 Å². The molecule has 29 heteroatoms. The number of aliphatic hydroxyl groups is 1. The molecule has 0 radical (unpaired) electrons. The van der Waals surface area contributed by atoms with E-state index in [1.54, 1.807) is 70.1 Å². The molecule has 6 aliphatic heterocycles. The molecule has 0 atom stereocenters. The number of pyridine rings is 4. The van der Waals surface area contributed by atoms with Crippen LogP contribution in [0.4, 0.5) is 23.3 Å². The summed E-state index contributed by atoms with van der Waals surface area (Å²) in [6.45, 7) is 14.5. The summed E-state index contributed by atoms with van der Waals surface area (Å²) in [6.07, 6.45) is 18.2. The molecule has 7 aliphatic rings. The zero-order chi connectivity index (χ0) is 89.1. The van der Waals surface area contributed by atoms with Crippen LogP contribution >= 0.6 is 45.3 Å². The molecule has 2 N–H and O–H groups in total. The zero-order valence-electron chi connectivity index (χ0n) is 73.6. The van der Waals surface area contributed by atoms with E-state index in [0.29, 0.717) is 48.3 Å². The van der Waals surface area contributed by atoms with Gasteiger partial charge in [0.05, 0.1) is 40.7 Å². The average Bonchev–Trinajstić information content (AvgIpc) is 1.61. The lowest BCUT2D eigenvalue weighted by Gasteiger charge is -2.36. The van der Waals surface area contributed by atoms with Gasteiger partial charge in [-0.05, 0) is 141 Å². The molecule has 668 valence electrons. The zero-order valence-corrected chi connectivity index (χ0v) is 76.8. The molecule has 25 nitrogen and oxygen atoms in total. The average molecular weight is 1830 g/mol. The number of carbonyl (C=O) groups is 3. The number of anilines is 4. The number of hydrogen-bond acceptors (Lipinski definition) is 26. The molecule has 16 aromatic rings. The van der Waals surface area contributed by atoms with Crippen LogP contribution in [0.15, 0.2) is 240 Å². The fourth-order valence-corrected chi connectivity index (χ4v) is 22.1. The van der Waals surface area contributed by atoms with Crippen molar-refractivity contribution in [2.24, 2.45) is 5.92 Å². The Morgan fingerprint density at radius 1 is 0.318 bits per heavy atom. The minimum Gasteiger partial charge on any atom is -0.393 e. The van der Waals surface area contributed by atoms with E-state index in [2.05, 4.69) is 178 Å². The normalized spacial score (nSPS) is 16.5. The number of hydrogen-bond donors (Lipinski definition) is 2. The molecule has 23 rings (SSSR count). The van der Waals surface area contributed by atoms with E-state index in [9.17, 15) is 19.5 Å². The Balaban J connectivity index is 0.000000110. The number of nitrogens with zero attached hydrogens (tertiary/aromatic N) is 20. The SMILES string of the molecule is O=C(C1CCN(c2nc(-c3ccccn3)nc3scc(-c4ccccc4)c23)CC1)N1CCCCC1.O=C(CN1CCN(c2nc(-c3ccccn3)nc3scc(-c4ccccc4)c23)CC1)N1CCCC1.O=C(CN1CCN(c2nc(-c3ccccn3)nc3scc(-c4ccccc4)c23)CC1)NC1CC1.OC1CCN(c2nc(-c3ccccn3)nc3scc(-c4ccccc4)c23)CC1. The number of nitrogens with one attached hydrogen (secondary N) is 1. The Hall–Kier alpha value is -12.9. The Morgan fingerprint density at radius 3 is 0.947 bits per heavy atom. The third-order valence-corrected chi connectivity index (χ3v) is 29.1. The van der Waals surface area contributed by atoms with Crippen molar-refractivity contribution in [3.63, 3.8) is 0 Å². The topological polar surface area (TPSA) is 264 Å². The molecule has 12 aromatic heterocycles. The quantitative estimate of drug-likeness (QED) is 0.0808. The molecule has 4 aromatic carbocycles. The third kappa shape index (κ3) is 20.0. The molecule has 0 unspecified atom stereocenters. The Kier molecular flexibility index (Phi) is 27.0. The van der Waals surface area contributed by atoms with Gasteiger partial charge in [0.1, 0.15) is 65.4 Å². The number of aromatic nitrogens is 12. The lowest BCUT2D eigenvalue weighted by atomic mass is 9.94. The molecule has 0 spiro atoms. The first-order valence-electron chi connectivity index (χ1n) is 46.1. The minimum atomic E-state index is -0.222. The fourth-order valence-electron chi connectivity index (χ4n) is 18.4. The molecule has 132 heavy (non-hydrogen) atoms. The van der Waals surface area contributed by atoms with Crippen molar-refractivity contribution in [2.45, 2.75) is 82.8 Å². The number of rotatable bonds is 18. The number of piperidine rings is 3. The number of fused-ring (bicyclic) bond motifs is 4. The lowest BCUT2D eigenvalue weighted by Crippen LogP contribution is -2.50. The summed E-state index contributed by atoms with van der Waals surface area (Å²) < 4.78 is 0. The van der Waals surface area contributed by atoms with E-state index >= 15 is 0 Å². The highest BCUT2D eigenvalue weighted by molar-refractivity contribution is 7.18. The maximum Gasteiger partial charge on any atom is 0.236 e. The van der Waals surface area contributed by atoms with Crippen LogP contribution in [0, 0.1) is 5.92 Å². The summed E-state index contributed by atoms with van der Waals surface area (Å²) in [7, 11) is 0. The summed E-state index contributed by atoms with van der Waals surface area (Å²) >= 11 is 6.60. The largest absolute Gasteiger partial charge is 0.393 e. The van der Waals surface area contributed by atoms with Crippen molar-refractivity contribution < 1.29 is 19.5 Å². The second kappa shape index (κ2) is 40.9. The minimum absolute atomic E-state index is 0.119. The van der Waals surface area contributed by atoms with Gasteiger partial charge in [-0.25, -0.2) is 39.9 Å². The van der Waals surface area contributed by atoms with Crippen LogP contribution in [0.1, 0.15) is 70.6 Å². The predicted octanol–water partition coefficient (Wildman–Crippen LogP) is 18.0. The molecule has 6 saturated heterocycles. The van der Waals surface area contributed by atoms with E-state index in [-0.39, 0.29) is 23.8 Å². The Labute approximate surface area is 783 Å². The van der Waals surface area contributed by atoms with Crippen LogP contribution in [0.2, 0.25) is 0 Å². The summed E-state index contributed by atoms with van der Waals surface area (Å²) in [5, 5.41) is 26.1. The smallest absolute Gasteiger partial charge is 0.236 e. The molecular weight excluding hydrogens is 1720 g/mol. The highest BCUT2D eigenvalue weighted by Gasteiger charge is 2.35. The van der Waals surface area contributed by atoms with Crippen molar-refractivity contribution in [3.8, 4) is 90.6 Å². The second-order valence-electron chi connectivity index (χ2n) is 34.4. The summed E-state index contributed by atoms with van der Waals surface area (Å²) in [6, 6.07) is 65.4. The molecule has 1 saturated carbocycles. The number of likely N-dealkylation sites (tertiary alicyclic amines) is 2. The van der Waals surface area contributed by atoms with Crippen molar-refractivity contribution in [2.75, 3.05) is 137 Å². The van der Waals surface area contributed by atoms with Gasteiger partial charge in [-0.2, -0.15) is 0 Å². The van der Waals surface area contributed by atoms with Gasteiger partial charge in [0, 0.05) is 185 Å². The van der Waals surface area contributed by atoms with E-state index in [1.165, 1.54) is 39.8 Å². The number of aliphatic hydroxyl groups excluding tert-OH is 1. The predicted molar refractivity (Wildman–Crippen MR) is 531 cm³/mol. The maximum absolute atomic E-state index is 13.1. The summed E-state index contributed by atoms with van der Waals surface area (Å²) in [5.41, 5.74) is 12.4. The van der Waals surface area contributed by atoms with E-state index in [4.69, 9.17) is 39.9 Å². The third-order valence-electron chi connectivity index (χ3n) is 25.6. The second-order valence-corrected chi connectivity index (χ2v) is 37.9. The van der Waals surface area contributed by atoms with E-state index in [0.717, 1.165) is 267 Å². The standard InChI is InChI=1S/C28H29N5OS.C27H28N6OS.C26H26N6OS.C22H20N4OS/c34-28(33-15-7-2-8-16-33)21-12-17-32(18-13-21)26-24-22(20-9-3-1-4-10-20)19-35-27(24)31-25(30-26)23-11-5-6-14-29-23;34-23(32-12-6-7-13-32)18-31-14-16-33(17-15-31)26-24-21(20-8-2-1-3-9-20)19-35-27(24)30-25(29-26)22-10-4-5-11-28-22;33-22(28-19-9-10-19)16-31-12-14-32(15-13-31)25-23-20(18-6-2-1-3-7-18)17-34-26(23)30-24(29-25)21-8-4-5-11-27-21;27-16-9-12-26(13-10-16)21-19-17(15-6-2-1-3-7-15)14-28-22(19)25-20(24-21)18-8-4-5-11-23-18/h1,3-6,9-11,14,19,21H,2,7-8,12-13,15-18H2;1-5,8-11,19H,6-7,12-18H2;1-8,11,17,19H,9-10,12-16H2,(H,28,33);1-8,11,14,16,27H,9-10,12-13H2. The highest BCUT2D eigenvalue weighted by atomic mass is 32.1. The van der Waals surface area contributed by atoms with Crippen molar-refractivity contribution >= 4 is 127 Å². The molecule has 18 heterocycles. The lowest BCUT2D eigenvalue weighted by molar-refractivity contribution is -0.137. The monoisotopic (exact) mass is 1830 g/mol. The Morgan fingerprint density at radius 2 is 0.621 bits per heavy atom. The molecule has 3 amide bonds. The van der Waals surface area contributed by atoms with Crippen molar-refractivity contribution in [1.29, 1.82) is 0 Å². The molecule has 1 aliphatic carbocycles. The molecular formula is C103H103N21O4S4. The van der Waals surface area contributed by atoms with Gasteiger partial charge in [-0.3, -0.25) is 44.1 Å². The van der Waals surface area contributed by atoms with Crippen LogP contribution in [0.25, 0.3) is 131 Å².